The monoisotopic (exact) mass is 288 g/mol. The summed E-state index contributed by atoms with van der Waals surface area (Å²) in [6.07, 6.45) is 2.34. The van der Waals surface area contributed by atoms with Crippen LogP contribution in [0.3, 0.4) is 0 Å². The minimum Gasteiger partial charge on any atom is -0.340 e. The van der Waals surface area contributed by atoms with Gasteiger partial charge in [-0.25, -0.2) is 0 Å². The predicted molar refractivity (Wildman–Crippen MR) is 82.6 cm³/mol. The van der Waals surface area contributed by atoms with Gasteiger partial charge in [-0.2, -0.15) is 0 Å². The summed E-state index contributed by atoms with van der Waals surface area (Å²) in [6, 6.07) is 8.99. The maximum atomic E-state index is 12.9. The van der Waals surface area contributed by atoms with Crippen LogP contribution in [0.1, 0.15) is 51.6 Å². The molecule has 2 amide bonds. The molecule has 0 saturated carbocycles. The van der Waals surface area contributed by atoms with E-state index in [0.29, 0.717) is 6.42 Å². The number of nitrogens with one attached hydrogen (secondary N) is 1. The second-order valence-corrected chi connectivity index (χ2v) is 5.85. The van der Waals surface area contributed by atoms with Gasteiger partial charge in [0.2, 0.25) is 11.8 Å². The van der Waals surface area contributed by atoms with Gasteiger partial charge in [-0.15, -0.1) is 0 Å². The van der Waals surface area contributed by atoms with Crippen LogP contribution in [0.25, 0.3) is 0 Å². The zero-order valence-electron chi connectivity index (χ0n) is 13.0. The first-order chi connectivity index (χ1) is 10.0. The summed E-state index contributed by atoms with van der Waals surface area (Å²) in [5.74, 6) is -0.0589. The van der Waals surface area contributed by atoms with Gasteiger partial charge in [0.05, 0.1) is 0 Å². The average Bonchev–Trinajstić information content (AvgIpc) is 2.56. The first-order valence-corrected chi connectivity index (χ1v) is 7.71. The lowest BCUT2D eigenvalue weighted by Gasteiger charge is -2.34. The van der Waals surface area contributed by atoms with Crippen molar-refractivity contribution >= 4 is 11.8 Å². The fourth-order valence-corrected chi connectivity index (χ4v) is 3.09. The van der Waals surface area contributed by atoms with Gasteiger partial charge >= 0.3 is 0 Å². The molecule has 1 aromatic carbocycles. The fourth-order valence-electron chi connectivity index (χ4n) is 3.09. The van der Waals surface area contributed by atoms with Gasteiger partial charge in [-0.05, 0) is 25.8 Å². The Hall–Kier alpha value is -1.84. The number of amides is 2. The normalized spacial score (nSPS) is 24.4. The highest BCUT2D eigenvalue weighted by Gasteiger charge is 2.36. The molecule has 1 aliphatic heterocycles. The molecule has 0 spiro atoms. The van der Waals surface area contributed by atoms with Crippen molar-refractivity contribution in [2.45, 2.75) is 58.2 Å². The largest absolute Gasteiger partial charge is 0.340 e. The van der Waals surface area contributed by atoms with Crippen molar-refractivity contribution in [2.75, 3.05) is 0 Å². The number of carbonyl (C=O) groups excluding carboxylic acids is 2. The van der Waals surface area contributed by atoms with Gasteiger partial charge in [-0.3, -0.25) is 9.59 Å². The molecule has 4 nitrogen and oxygen atoms in total. The van der Waals surface area contributed by atoms with Crippen LogP contribution in [-0.2, 0) is 9.59 Å². The van der Waals surface area contributed by atoms with Crippen molar-refractivity contribution in [3.05, 3.63) is 35.9 Å². The SMILES string of the molecule is CCCC(C)N1C(=O)C(c2ccccc2)NC(=O)CC1C. The molecule has 0 radical (unpaired) electrons. The predicted octanol–water partition coefficient (Wildman–Crippen LogP) is 2.65. The van der Waals surface area contributed by atoms with E-state index in [1.807, 2.05) is 42.2 Å². The fraction of sp³-hybridized carbons (Fsp3) is 0.529. The molecular formula is C17H24N2O2. The first kappa shape index (κ1) is 15.5. The number of hydrogen-bond donors (Lipinski definition) is 1. The van der Waals surface area contributed by atoms with E-state index < -0.39 is 6.04 Å². The Balaban J connectivity index is 2.33. The quantitative estimate of drug-likeness (QED) is 0.926. The van der Waals surface area contributed by atoms with Crippen molar-refractivity contribution in [2.24, 2.45) is 0 Å². The molecule has 0 bridgehead atoms. The molecule has 1 aliphatic rings. The third-order valence-corrected chi connectivity index (χ3v) is 4.08. The minimum absolute atomic E-state index is 0.000463. The van der Waals surface area contributed by atoms with Crippen LogP contribution >= 0.6 is 0 Å². The third-order valence-electron chi connectivity index (χ3n) is 4.08. The van der Waals surface area contributed by atoms with Crippen LogP contribution in [0.4, 0.5) is 0 Å². The van der Waals surface area contributed by atoms with Gasteiger partial charge in [-0.1, -0.05) is 43.7 Å². The van der Waals surface area contributed by atoms with Crippen LogP contribution in [0.15, 0.2) is 30.3 Å². The first-order valence-electron chi connectivity index (χ1n) is 7.71. The molecule has 3 unspecified atom stereocenters. The van der Waals surface area contributed by atoms with Crippen molar-refractivity contribution in [1.29, 1.82) is 0 Å². The van der Waals surface area contributed by atoms with E-state index in [-0.39, 0.29) is 23.9 Å². The highest BCUT2D eigenvalue weighted by atomic mass is 16.2. The van der Waals surface area contributed by atoms with Crippen LogP contribution in [0, 0.1) is 0 Å². The van der Waals surface area contributed by atoms with Crippen molar-refractivity contribution in [3.63, 3.8) is 0 Å². The van der Waals surface area contributed by atoms with Crippen molar-refractivity contribution < 1.29 is 9.59 Å². The number of benzene rings is 1. The standard InChI is InChI=1S/C17H24N2O2/c1-4-8-12(2)19-13(3)11-15(20)18-16(17(19)21)14-9-6-5-7-10-14/h5-7,9-10,12-13,16H,4,8,11H2,1-3H3,(H,18,20). The zero-order valence-corrected chi connectivity index (χ0v) is 13.0. The Morgan fingerprint density at radius 1 is 1.29 bits per heavy atom. The Morgan fingerprint density at radius 3 is 2.57 bits per heavy atom. The maximum absolute atomic E-state index is 12.9. The van der Waals surface area contributed by atoms with Gasteiger partial charge in [0.1, 0.15) is 6.04 Å². The lowest BCUT2D eigenvalue weighted by Crippen LogP contribution is -2.46. The zero-order chi connectivity index (χ0) is 15.4. The van der Waals surface area contributed by atoms with Crippen molar-refractivity contribution in [1.82, 2.24) is 10.2 Å². The van der Waals surface area contributed by atoms with E-state index in [2.05, 4.69) is 19.2 Å². The molecule has 1 fully saturated rings. The van der Waals surface area contributed by atoms with E-state index in [4.69, 9.17) is 0 Å². The van der Waals surface area contributed by atoms with E-state index >= 15 is 0 Å². The van der Waals surface area contributed by atoms with Crippen LogP contribution in [0.2, 0.25) is 0 Å². The maximum Gasteiger partial charge on any atom is 0.250 e. The Labute approximate surface area is 126 Å². The second-order valence-electron chi connectivity index (χ2n) is 5.85. The summed E-state index contributed by atoms with van der Waals surface area (Å²) in [7, 11) is 0. The number of nitrogens with zero attached hydrogens (tertiary/aromatic N) is 1. The molecule has 0 aliphatic carbocycles. The summed E-state index contributed by atoms with van der Waals surface area (Å²) >= 11 is 0. The highest BCUT2D eigenvalue weighted by Crippen LogP contribution is 2.25. The van der Waals surface area contributed by atoms with Gasteiger partial charge in [0.25, 0.3) is 0 Å². The summed E-state index contributed by atoms with van der Waals surface area (Å²) in [6.45, 7) is 6.13. The summed E-state index contributed by atoms with van der Waals surface area (Å²) < 4.78 is 0. The van der Waals surface area contributed by atoms with E-state index in [1.165, 1.54) is 0 Å². The molecule has 1 saturated heterocycles. The molecule has 1 aromatic rings. The molecule has 114 valence electrons. The van der Waals surface area contributed by atoms with Crippen LogP contribution in [-0.4, -0.2) is 28.8 Å². The summed E-state index contributed by atoms with van der Waals surface area (Å²) in [5, 5.41) is 2.87. The molecule has 0 aromatic heterocycles. The van der Waals surface area contributed by atoms with E-state index in [0.717, 1.165) is 18.4 Å². The van der Waals surface area contributed by atoms with Crippen molar-refractivity contribution in [3.8, 4) is 0 Å². The molecule has 4 heteroatoms. The lowest BCUT2D eigenvalue weighted by molar-refractivity contribution is -0.137. The molecule has 3 atom stereocenters. The number of carbonyl (C=O) groups is 2. The number of rotatable bonds is 4. The van der Waals surface area contributed by atoms with Gasteiger partial charge in [0.15, 0.2) is 0 Å². The molecule has 1 N–H and O–H groups in total. The van der Waals surface area contributed by atoms with Gasteiger partial charge < -0.3 is 10.2 Å². The second kappa shape index (κ2) is 6.74. The molecule has 1 heterocycles. The Bertz CT molecular complexity index is 501. The summed E-state index contributed by atoms with van der Waals surface area (Å²) in [4.78, 5) is 26.9. The van der Waals surface area contributed by atoms with Gasteiger partial charge in [0, 0.05) is 18.5 Å². The van der Waals surface area contributed by atoms with Crippen LogP contribution < -0.4 is 5.32 Å². The lowest BCUT2D eigenvalue weighted by atomic mass is 10.0. The Kier molecular flexibility index (Phi) is 4.99. The summed E-state index contributed by atoms with van der Waals surface area (Å²) in [5.41, 5.74) is 0.846. The number of hydrogen-bond acceptors (Lipinski definition) is 2. The third kappa shape index (κ3) is 3.43. The Morgan fingerprint density at radius 2 is 1.95 bits per heavy atom. The highest BCUT2D eigenvalue weighted by molar-refractivity contribution is 5.91. The molecule has 2 rings (SSSR count). The van der Waals surface area contributed by atoms with E-state index in [9.17, 15) is 9.59 Å². The molecular weight excluding hydrogens is 264 g/mol. The van der Waals surface area contributed by atoms with Crippen LogP contribution in [0.5, 0.6) is 0 Å². The van der Waals surface area contributed by atoms with E-state index in [1.54, 1.807) is 0 Å². The minimum atomic E-state index is -0.567. The molecule has 21 heavy (non-hydrogen) atoms. The smallest absolute Gasteiger partial charge is 0.250 e. The average molecular weight is 288 g/mol. The topological polar surface area (TPSA) is 49.4 Å².